The minimum atomic E-state index is -1.59. The van der Waals surface area contributed by atoms with E-state index < -0.39 is 8.07 Å². The molecule has 2 aromatic heterocycles. The van der Waals surface area contributed by atoms with E-state index in [0.29, 0.717) is 17.8 Å². The summed E-state index contributed by atoms with van der Waals surface area (Å²) in [6.07, 6.45) is 15.5. The third kappa shape index (κ3) is 7.82. The molecule has 0 bridgehead atoms. The molecular formula is C52H57N2Si+. The molecule has 1 fully saturated rings. The zero-order valence-corrected chi connectivity index (χ0v) is 34.3. The number of benzene rings is 4. The van der Waals surface area contributed by atoms with Gasteiger partial charge in [-0.2, -0.15) is 4.57 Å². The van der Waals surface area contributed by atoms with E-state index in [2.05, 4.69) is 178 Å². The number of rotatable bonds is 8. The minimum Gasteiger partial charge on any atom is -0.256 e. The highest BCUT2D eigenvalue weighted by molar-refractivity contribution is 6.89. The van der Waals surface area contributed by atoms with Crippen molar-refractivity contribution in [3.8, 4) is 44.8 Å². The molecule has 1 aliphatic heterocycles. The van der Waals surface area contributed by atoms with E-state index in [9.17, 15) is 0 Å². The Kier molecular flexibility index (Phi) is 10.8. The number of nitrogens with zero attached hydrogens (tertiary/aromatic N) is 2. The molecule has 1 aliphatic carbocycles. The zero-order chi connectivity index (χ0) is 37.9. The standard InChI is InChI=1S/C52H57N2Si/c1-6-38-31-43(44-26-17-18-28-46(44)50-32-47(37(2)39-19-13-14-20-39)52(34-53-50)55(3,4)5)30-29-42-25-15-16-27-45(42)51-33-48(40-21-9-7-10-22-40)49(36-54(51)35-38)41-23-11-8-12-24-41/h6-12,15-18,21-28,32-34,36-39,43H,1,13-14,19-20,29-31,35H2,2-5H3/q+1. The molecule has 6 aromatic rings. The van der Waals surface area contributed by atoms with Crippen molar-refractivity contribution in [3.05, 3.63) is 163 Å². The van der Waals surface area contributed by atoms with Crippen LogP contribution >= 0.6 is 0 Å². The van der Waals surface area contributed by atoms with Crippen molar-refractivity contribution in [1.29, 1.82) is 0 Å². The molecule has 8 rings (SSSR count). The number of allylic oxidation sites excluding steroid dienone is 1. The number of fused-ring (bicyclic) bond motifs is 3. The fourth-order valence-corrected chi connectivity index (χ4v) is 11.3. The molecule has 2 nitrogen and oxygen atoms in total. The van der Waals surface area contributed by atoms with Crippen molar-refractivity contribution in [2.75, 3.05) is 0 Å². The summed E-state index contributed by atoms with van der Waals surface area (Å²) >= 11 is 0. The second-order valence-electron chi connectivity index (χ2n) is 17.3. The Morgan fingerprint density at radius 1 is 0.727 bits per heavy atom. The summed E-state index contributed by atoms with van der Waals surface area (Å²) in [7, 11) is -1.59. The van der Waals surface area contributed by atoms with Crippen molar-refractivity contribution in [2.45, 2.75) is 89.9 Å². The van der Waals surface area contributed by atoms with Gasteiger partial charge in [0.05, 0.1) is 19.3 Å². The third-order valence-electron chi connectivity index (χ3n) is 12.8. The molecule has 0 N–H and O–H groups in total. The lowest BCUT2D eigenvalue weighted by Gasteiger charge is -2.29. The van der Waals surface area contributed by atoms with E-state index in [4.69, 9.17) is 4.98 Å². The van der Waals surface area contributed by atoms with Crippen molar-refractivity contribution < 1.29 is 4.57 Å². The number of pyridine rings is 2. The van der Waals surface area contributed by atoms with Gasteiger partial charge in [0.2, 0.25) is 5.69 Å². The van der Waals surface area contributed by atoms with Crippen LogP contribution in [0.4, 0.5) is 0 Å². The highest BCUT2D eigenvalue weighted by atomic mass is 28.3. The smallest absolute Gasteiger partial charge is 0.213 e. The Bertz CT molecular complexity index is 2260. The van der Waals surface area contributed by atoms with E-state index in [1.54, 1.807) is 5.56 Å². The SMILES string of the molecule is C=CC1CC(c2ccccc2-c2cc(C(C)C3CCCC3)c([Si](C)(C)C)cn2)CCc2ccccc2-c2cc(-c3ccccc3)c(-c3ccccc3)c[n+]2C1. The van der Waals surface area contributed by atoms with Gasteiger partial charge in [-0.05, 0) is 95.0 Å². The maximum Gasteiger partial charge on any atom is 0.213 e. The van der Waals surface area contributed by atoms with Crippen LogP contribution in [0.1, 0.15) is 74.0 Å². The first kappa shape index (κ1) is 37.1. The Morgan fingerprint density at radius 2 is 1.36 bits per heavy atom. The van der Waals surface area contributed by atoms with Gasteiger partial charge in [-0.15, -0.1) is 6.58 Å². The zero-order valence-electron chi connectivity index (χ0n) is 33.3. The molecule has 1 saturated carbocycles. The van der Waals surface area contributed by atoms with Gasteiger partial charge in [-0.1, -0.05) is 149 Å². The van der Waals surface area contributed by atoms with Gasteiger partial charge in [-0.25, -0.2) is 0 Å². The highest BCUT2D eigenvalue weighted by Crippen LogP contribution is 2.42. The van der Waals surface area contributed by atoms with Crippen LogP contribution in [0.5, 0.6) is 0 Å². The summed E-state index contributed by atoms with van der Waals surface area (Å²) in [4.78, 5) is 5.30. The summed E-state index contributed by atoms with van der Waals surface area (Å²) in [5.74, 6) is 1.99. The normalized spacial score (nSPS) is 18.3. The molecule has 0 spiro atoms. The maximum atomic E-state index is 5.30. The van der Waals surface area contributed by atoms with Crippen LogP contribution in [0, 0.1) is 11.8 Å². The first-order valence-electron chi connectivity index (χ1n) is 20.8. The molecule has 3 heterocycles. The highest BCUT2D eigenvalue weighted by Gasteiger charge is 2.32. The van der Waals surface area contributed by atoms with Crippen LogP contribution in [0.3, 0.4) is 0 Å². The average molecular weight is 738 g/mol. The monoisotopic (exact) mass is 737 g/mol. The molecular weight excluding hydrogens is 681 g/mol. The minimum absolute atomic E-state index is 0.290. The molecule has 55 heavy (non-hydrogen) atoms. The summed E-state index contributed by atoms with van der Waals surface area (Å²) in [6, 6.07) is 45.1. The lowest BCUT2D eigenvalue weighted by molar-refractivity contribution is -0.690. The second kappa shape index (κ2) is 16.1. The predicted molar refractivity (Wildman–Crippen MR) is 235 cm³/mol. The number of aromatic nitrogens is 2. The van der Waals surface area contributed by atoms with Crippen LogP contribution in [0.2, 0.25) is 19.6 Å². The van der Waals surface area contributed by atoms with Gasteiger partial charge in [0, 0.05) is 34.9 Å². The molecule has 3 unspecified atom stereocenters. The second-order valence-corrected chi connectivity index (χ2v) is 22.4. The molecule has 0 saturated heterocycles. The van der Waals surface area contributed by atoms with Crippen LogP contribution in [0.15, 0.2) is 146 Å². The van der Waals surface area contributed by atoms with E-state index in [-0.39, 0.29) is 0 Å². The summed E-state index contributed by atoms with van der Waals surface area (Å²) in [5, 5.41) is 1.54. The van der Waals surface area contributed by atoms with Gasteiger partial charge in [0.1, 0.15) is 0 Å². The Balaban J connectivity index is 1.22. The summed E-state index contributed by atoms with van der Waals surface area (Å²) < 4.78 is 2.53. The van der Waals surface area contributed by atoms with Crippen LogP contribution in [0.25, 0.3) is 44.8 Å². The van der Waals surface area contributed by atoms with Crippen molar-refractivity contribution in [3.63, 3.8) is 0 Å². The van der Waals surface area contributed by atoms with E-state index in [1.807, 2.05) is 0 Å². The van der Waals surface area contributed by atoms with E-state index in [1.165, 1.54) is 81.1 Å². The van der Waals surface area contributed by atoms with Crippen LogP contribution in [-0.2, 0) is 13.0 Å². The lowest BCUT2D eigenvalue weighted by atomic mass is 9.80. The molecule has 0 amide bonds. The number of hydrogen-bond donors (Lipinski definition) is 0. The first-order chi connectivity index (χ1) is 26.8. The van der Waals surface area contributed by atoms with Gasteiger partial charge >= 0.3 is 0 Å². The largest absolute Gasteiger partial charge is 0.256 e. The molecule has 3 atom stereocenters. The van der Waals surface area contributed by atoms with Crippen molar-refractivity contribution in [2.24, 2.45) is 11.8 Å². The fraction of sp³-hybridized carbons (Fsp3) is 0.308. The summed E-state index contributed by atoms with van der Waals surface area (Å²) in [5.41, 5.74) is 14.4. The van der Waals surface area contributed by atoms with Gasteiger partial charge in [0.25, 0.3) is 0 Å². The fourth-order valence-electron chi connectivity index (χ4n) is 9.68. The van der Waals surface area contributed by atoms with E-state index >= 15 is 0 Å². The molecule has 278 valence electrons. The Hall–Kier alpha value is -4.86. The summed E-state index contributed by atoms with van der Waals surface area (Å²) in [6.45, 7) is 15.3. The first-order valence-corrected chi connectivity index (χ1v) is 24.3. The Morgan fingerprint density at radius 3 is 2.05 bits per heavy atom. The lowest BCUT2D eigenvalue weighted by Crippen LogP contribution is -2.41. The van der Waals surface area contributed by atoms with E-state index in [0.717, 1.165) is 37.4 Å². The van der Waals surface area contributed by atoms with Crippen LogP contribution < -0.4 is 9.75 Å². The average Bonchev–Trinajstić information content (AvgIpc) is 3.77. The quantitative estimate of drug-likeness (QED) is 0.0863. The Labute approximate surface area is 331 Å². The molecule has 4 aromatic carbocycles. The van der Waals surface area contributed by atoms with Crippen molar-refractivity contribution >= 4 is 13.3 Å². The topological polar surface area (TPSA) is 16.8 Å². The molecule has 3 heteroatoms. The van der Waals surface area contributed by atoms with Crippen molar-refractivity contribution in [1.82, 2.24) is 4.98 Å². The maximum absolute atomic E-state index is 5.30. The third-order valence-corrected chi connectivity index (χ3v) is 14.8. The molecule has 0 radical (unpaired) electrons. The van der Waals surface area contributed by atoms with Gasteiger partial charge in [-0.3, -0.25) is 4.98 Å². The number of aryl methyl sites for hydroxylation is 1. The van der Waals surface area contributed by atoms with Gasteiger partial charge in [0.15, 0.2) is 12.7 Å². The number of hydrogen-bond acceptors (Lipinski definition) is 1. The van der Waals surface area contributed by atoms with Crippen LogP contribution in [-0.4, -0.2) is 13.1 Å². The molecule has 2 aliphatic rings. The van der Waals surface area contributed by atoms with Gasteiger partial charge < -0.3 is 0 Å². The predicted octanol–water partition coefficient (Wildman–Crippen LogP) is 12.8.